The molecule has 0 saturated carbocycles. The lowest BCUT2D eigenvalue weighted by Crippen LogP contribution is -2.34. The number of nitrogens with zero attached hydrogens (tertiary/aromatic N) is 3. The third kappa shape index (κ3) is 3.36. The lowest BCUT2D eigenvalue weighted by molar-refractivity contribution is 0.135. The first-order chi connectivity index (χ1) is 8.69. The standard InChI is InChI=1S/C12H22N4O2/c1-15-12(18-2)7-11(14-15)13-8-10(17)9-16-5-3-4-6-16/h7,10,17H,3-6,8-9H2,1-2H3,(H,13,14). The van der Waals surface area contributed by atoms with Crippen molar-refractivity contribution in [3.8, 4) is 5.88 Å². The zero-order chi connectivity index (χ0) is 13.0. The van der Waals surface area contributed by atoms with Crippen molar-refractivity contribution < 1.29 is 9.84 Å². The number of rotatable bonds is 6. The highest BCUT2D eigenvalue weighted by Gasteiger charge is 2.16. The minimum Gasteiger partial charge on any atom is -0.481 e. The van der Waals surface area contributed by atoms with Gasteiger partial charge in [0.2, 0.25) is 5.88 Å². The van der Waals surface area contributed by atoms with Crippen LogP contribution < -0.4 is 10.1 Å². The lowest BCUT2D eigenvalue weighted by Gasteiger charge is -2.19. The van der Waals surface area contributed by atoms with E-state index in [0.717, 1.165) is 25.5 Å². The maximum Gasteiger partial charge on any atom is 0.213 e. The molecule has 1 aromatic heterocycles. The summed E-state index contributed by atoms with van der Waals surface area (Å²) in [5.74, 6) is 1.43. The first-order valence-corrected chi connectivity index (χ1v) is 6.41. The minimum absolute atomic E-state index is 0.365. The molecule has 1 fully saturated rings. The Hall–Kier alpha value is -1.27. The van der Waals surface area contributed by atoms with Gasteiger partial charge in [-0.15, -0.1) is 0 Å². The summed E-state index contributed by atoms with van der Waals surface area (Å²) < 4.78 is 6.79. The molecule has 0 amide bonds. The molecule has 2 rings (SSSR count). The zero-order valence-electron chi connectivity index (χ0n) is 11.1. The summed E-state index contributed by atoms with van der Waals surface area (Å²) in [7, 11) is 3.44. The van der Waals surface area contributed by atoms with Crippen LogP contribution in [0.3, 0.4) is 0 Å². The number of aromatic nitrogens is 2. The smallest absolute Gasteiger partial charge is 0.213 e. The number of aryl methyl sites for hydroxylation is 1. The van der Waals surface area contributed by atoms with Crippen LogP contribution in [-0.4, -0.2) is 59.2 Å². The average Bonchev–Trinajstić information content (AvgIpc) is 2.96. The SMILES string of the molecule is COc1cc(NCC(O)CN2CCCC2)nn1C. The number of nitrogens with one attached hydrogen (secondary N) is 1. The van der Waals surface area contributed by atoms with E-state index in [4.69, 9.17) is 4.74 Å². The minimum atomic E-state index is -0.365. The van der Waals surface area contributed by atoms with Crippen LogP contribution in [0, 0.1) is 0 Å². The molecule has 0 aliphatic carbocycles. The summed E-state index contributed by atoms with van der Waals surface area (Å²) in [5, 5.41) is 17.3. The third-order valence-corrected chi connectivity index (χ3v) is 3.23. The van der Waals surface area contributed by atoms with Crippen LogP contribution in [0.1, 0.15) is 12.8 Å². The van der Waals surface area contributed by atoms with Crippen molar-refractivity contribution >= 4 is 5.82 Å². The van der Waals surface area contributed by atoms with E-state index in [1.807, 2.05) is 13.1 Å². The van der Waals surface area contributed by atoms with Crippen LogP contribution in [0.2, 0.25) is 0 Å². The number of aliphatic hydroxyl groups is 1. The molecule has 1 saturated heterocycles. The van der Waals surface area contributed by atoms with E-state index in [2.05, 4.69) is 15.3 Å². The van der Waals surface area contributed by atoms with Crippen LogP contribution in [0.15, 0.2) is 6.07 Å². The lowest BCUT2D eigenvalue weighted by atomic mass is 10.3. The highest BCUT2D eigenvalue weighted by Crippen LogP contribution is 2.15. The van der Waals surface area contributed by atoms with Crippen molar-refractivity contribution in [3.05, 3.63) is 6.07 Å². The van der Waals surface area contributed by atoms with E-state index in [1.165, 1.54) is 12.8 Å². The average molecular weight is 254 g/mol. The molecule has 0 bridgehead atoms. The van der Waals surface area contributed by atoms with Crippen LogP contribution in [-0.2, 0) is 7.05 Å². The molecule has 1 unspecified atom stereocenters. The van der Waals surface area contributed by atoms with Crippen LogP contribution in [0.4, 0.5) is 5.82 Å². The van der Waals surface area contributed by atoms with E-state index >= 15 is 0 Å². The Labute approximate surface area is 108 Å². The van der Waals surface area contributed by atoms with Crippen LogP contribution >= 0.6 is 0 Å². The number of hydrogen-bond acceptors (Lipinski definition) is 5. The number of β-amino-alcohol motifs (C(OH)–C–C–N with tert-alkyl or cyclic N) is 1. The highest BCUT2D eigenvalue weighted by molar-refractivity contribution is 5.38. The second kappa shape index (κ2) is 6.06. The number of likely N-dealkylation sites (tertiary alicyclic amines) is 1. The van der Waals surface area contributed by atoms with E-state index in [-0.39, 0.29) is 6.10 Å². The molecule has 0 radical (unpaired) electrons. The molecular weight excluding hydrogens is 232 g/mol. The fraction of sp³-hybridized carbons (Fsp3) is 0.750. The van der Waals surface area contributed by atoms with Gasteiger partial charge in [0.05, 0.1) is 13.2 Å². The fourth-order valence-electron chi connectivity index (χ4n) is 2.28. The van der Waals surface area contributed by atoms with Gasteiger partial charge in [-0.25, -0.2) is 4.68 Å². The second-order valence-electron chi connectivity index (χ2n) is 4.74. The Morgan fingerprint density at radius 3 is 2.83 bits per heavy atom. The summed E-state index contributed by atoms with van der Waals surface area (Å²) >= 11 is 0. The molecule has 18 heavy (non-hydrogen) atoms. The Kier molecular flexibility index (Phi) is 4.43. The van der Waals surface area contributed by atoms with Gasteiger partial charge in [-0.3, -0.25) is 0 Å². The molecular formula is C12H22N4O2. The highest BCUT2D eigenvalue weighted by atomic mass is 16.5. The molecule has 0 spiro atoms. The summed E-state index contributed by atoms with van der Waals surface area (Å²) in [5.41, 5.74) is 0. The summed E-state index contributed by atoms with van der Waals surface area (Å²) in [4.78, 5) is 2.30. The molecule has 1 aliphatic heterocycles. The molecule has 2 heterocycles. The van der Waals surface area contributed by atoms with Crippen LogP contribution in [0.25, 0.3) is 0 Å². The monoisotopic (exact) mass is 254 g/mol. The summed E-state index contributed by atoms with van der Waals surface area (Å²) in [6, 6.07) is 1.82. The fourth-order valence-corrected chi connectivity index (χ4v) is 2.28. The van der Waals surface area contributed by atoms with Gasteiger partial charge in [-0.2, -0.15) is 5.10 Å². The van der Waals surface area contributed by atoms with Crippen molar-refractivity contribution in [1.82, 2.24) is 14.7 Å². The van der Waals surface area contributed by atoms with Crippen molar-refractivity contribution in [2.24, 2.45) is 7.05 Å². The van der Waals surface area contributed by atoms with E-state index in [9.17, 15) is 5.11 Å². The molecule has 1 aliphatic rings. The Balaban J connectivity index is 1.75. The molecule has 6 nitrogen and oxygen atoms in total. The predicted octanol–water partition coefficient (Wildman–Crippen LogP) is 0.297. The van der Waals surface area contributed by atoms with Gasteiger partial charge in [0.1, 0.15) is 0 Å². The second-order valence-corrected chi connectivity index (χ2v) is 4.74. The molecule has 1 atom stereocenters. The summed E-state index contributed by atoms with van der Waals surface area (Å²) in [6.07, 6.45) is 2.13. The Morgan fingerprint density at radius 1 is 1.50 bits per heavy atom. The largest absolute Gasteiger partial charge is 0.481 e. The van der Waals surface area contributed by atoms with Gasteiger partial charge < -0.3 is 20.1 Å². The van der Waals surface area contributed by atoms with Crippen molar-refractivity contribution in [3.63, 3.8) is 0 Å². The predicted molar refractivity (Wildman–Crippen MR) is 69.9 cm³/mol. The number of methoxy groups -OCH3 is 1. The van der Waals surface area contributed by atoms with E-state index in [0.29, 0.717) is 12.4 Å². The van der Waals surface area contributed by atoms with Crippen molar-refractivity contribution in [2.75, 3.05) is 38.6 Å². The molecule has 0 aromatic carbocycles. The van der Waals surface area contributed by atoms with Gasteiger partial charge in [0.15, 0.2) is 5.82 Å². The van der Waals surface area contributed by atoms with Crippen LogP contribution in [0.5, 0.6) is 5.88 Å². The summed E-state index contributed by atoms with van der Waals surface area (Å²) in [6.45, 7) is 3.45. The van der Waals surface area contributed by atoms with Gasteiger partial charge in [0.25, 0.3) is 0 Å². The first-order valence-electron chi connectivity index (χ1n) is 6.41. The van der Waals surface area contributed by atoms with Gasteiger partial charge in [-0.1, -0.05) is 0 Å². The van der Waals surface area contributed by atoms with Crippen molar-refractivity contribution in [1.29, 1.82) is 0 Å². The molecule has 102 valence electrons. The zero-order valence-corrected chi connectivity index (χ0v) is 11.1. The quantitative estimate of drug-likeness (QED) is 0.764. The maximum atomic E-state index is 9.93. The van der Waals surface area contributed by atoms with Gasteiger partial charge in [-0.05, 0) is 25.9 Å². The Bertz CT molecular complexity index is 374. The van der Waals surface area contributed by atoms with E-state index in [1.54, 1.807) is 11.8 Å². The topological polar surface area (TPSA) is 62.5 Å². The maximum absolute atomic E-state index is 9.93. The molecule has 2 N–H and O–H groups in total. The number of aliphatic hydroxyl groups excluding tert-OH is 1. The number of ether oxygens (including phenoxy) is 1. The molecule has 1 aromatic rings. The molecule has 6 heteroatoms. The first kappa shape index (κ1) is 13.2. The Morgan fingerprint density at radius 2 is 2.22 bits per heavy atom. The van der Waals surface area contributed by atoms with Gasteiger partial charge >= 0.3 is 0 Å². The normalized spacial score (nSPS) is 17.9. The van der Waals surface area contributed by atoms with Crippen molar-refractivity contribution in [2.45, 2.75) is 18.9 Å². The number of hydrogen-bond donors (Lipinski definition) is 2. The number of anilines is 1. The van der Waals surface area contributed by atoms with Gasteiger partial charge in [0, 0.05) is 26.2 Å². The third-order valence-electron chi connectivity index (χ3n) is 3.23. The van der Waals surface area contributed by atoms with E-state index < -0.39 is 0 Å².